The number of carbonyl (C=O) groups excluding carboxylic acids is 1. The number of nitrogens with zero attached hydrogens (tertiary/aromatic N) is 6. The molecule has 1 aromatic carbocycles. The molecule has 1 amide bonds. The molecule has 0 atom stereocenters. The SMILES string of the molecule is Cc1cccc(CCC(=O)N2CCN(c3cc(N4CCN(C)CC4)ncn3)CC2)c1. The average molecular weight is 409 g/mol. The molecular formula is C23H32N6O. The Morgan fingerprint density at radius 1 is 0.900 bits per heavy atom. The second-order valence-electron chi connectivity index (χ2n) is 8.38. The summed E-state index contributed by atoms with van der Waals surface area (Å²) in [5, 5.41) is 0. The lowest BCUT2D eigenvalue weighted by Gasteiger charge is -2.36. The Balaban J connectivity index is 1.29. The van der Waals surface area contributed by atoms with Crippen molar-refractivity contribution in [1.29, 1.82) is 0 Å². The smallest absolute Gasteiger partial charge is 0.223 e. The van der Waals surface area contributed by atoms with Crippen LogP contribution >= 0.6 is 0 Å². The summed E-state index contributed by atoms with van der Waals surface area (Å²) in [5.41, 5.74) is 2.48. The van der Waals surface area contributed by atoms with Crippen LogP contribution in [0.15, 0.2) is 36.7 Å². The molecule has 0 unspecified atom stereocenters. The quantitative estimate of drug-likeness (QED) is 0.752. The topological polar surface area (TPSA) is 55.8 Å². The molecular weight excluding hydrogens is 376 g/mol. The normalized spacial score (nSPS) is 18.0. The summed E-state index contributed by atoms with van der Waals surface area (Å²) in [4.78, 5) is 30.6. The predicted molar refractivity (Wildman–Crippen MR) is 120 cm³/mol. The highest BCUT2D eigenvalue weighted by molar-refractivity contribution is 5.76. The van der Waals surface area contributed by atoms with Crippen molar-refractivity contribution in [3.05, 3.63) is 47.8 Å². The van der Waals surface area contributed by atoms with Gasteiger partial charge in [0.05, 0.1) is 0 Å². The molecule has 7 heteroatoms. The predicted octanol–water partition coefficient (Wildman–Crippen LogP) is 1.82. The fourth-order valence-corrected chi connectivity index (χ4v) is 4.18. The van der Waals surface area contributed by atoms with Gasteiger partial charge in [-0.25, -0.2) is 9.97 Å². The van der Waals surface area contributed by atoms with Crippen LogP contribution in [0.25, 0.3) is 0 Å². The van der Waals surface area contributed by atoms with E-state index in [9.17, 15) is 4.79 Å². The average Bonchev–Trinajstić information content (AvgIpc) is 2.78. The Labute approximate surface area is 179 Å². The third-order valence-corrected chi connectivity index (χ3v) is 6.13. The van der Waals surface area contributed by atoms with Crippen LogP contribution in [0.1, 0.15) is 17.5 Å². The zero-order chi connectivity index (χ0) is 20.9. The molecule has 0 aliphatic carbocycles. The van der Waals surface area contributed by atoms with Crippen molar-refractivity contribution in [2.24, 2.45) is 0 Å². The van der Waals surface area contributed by atoms with Crippen LogP contribution in [0.5, 0.6) is 0 Å². The molecule has 1 aromatic heterocycles. The first-order chi connectivity index (χ1) is 14.6. The number of hydrogen-bond donors (Lipinski definition) is 0. The van der Waals surface area contributed by atoms with Crippen LogP contribution in [-0.4, -0.2) is 85.1 Å². The number of aromatic nitrogens is 2. The minimum absolute atomic E-state index is 0.247. The van der Waals surface area contributed by atoms with Gasteiger partial charge in [-0.15, -0.1) is 0 Å². The van der Waals surface area contributed by atoms with Crippen LogP contribution in [0.2, 0.25) is 0 Å². The van der Waals surface area contributed by atoms with E-state index in [2.05, 4.69) is 69.0 Å². The maximum absolute atomic E-state index is 12.7. The van der Waals surface area contributed by atoms with Gasteiger partial charge in [0.25, 0.3) is 0 Å². The highest BCUT2D eigenvalue weighted by atomic mass is 16.2. The maximum atomic E-state index is 12.7. The van der Waals surface area contributed by atoms with Crippen molar-refractivity contribution in [2.75, 3.05) is 69.2 Å². The summed E-state index contributed by atoms with van der Waals surface area (Å²) in [6, 6.07) is 10.5. The second kappa shape index (κ2) is 9.43. The van der Waals surface area contributed by atoms with E-state index in [0.717, 1.165) is 70.4 Å². The van der Waals surface area contributed by atoms with Crippen LogP contribution in [-0.2, 0) is 11.2 Å². The number of hydrogen-bond acceptors (Lipinski definition) is 6. The molecule has 0 saturated carbocycles. The number of amides is 1. The van der Waals surface area contributed by atoms with Crippen molar-refractivity contribution >= 4 is 17.5 Å². The van der Waals surface area contributed by atoms with Crippen LogP contribution in [0.4, 0.5) is 11.6 Å². The Morgan fingerprint density at radius 3 is 2.17 bits per heavy atom. The van der Waals surface area contributed by atoms with Crippen molar-refractivity contribution in [2.45, 2.75) is 19.8 Å². The third-order valence-electron chi connectivity index (χ3n) is 6.13. The van der Waals surface area contributed by atoms with Crippen LogP contribution in [0, 0.1) is 6.92 Å². The van der Waals surface area contributed by atoms with E-state index in [1.807, 2.05) is 4.90 Å². The largest absolute Gasteiger partial charge is 0.354 e. The first-order valence-corrected chi connectivity index (χ1v) is 10.9. The number of carbonyl (C=O) groups is 1. The molecule has 4 rings (SSSR count). The molecule has 3 heterocycles. The molecule has 0 N–H and O–H groups in total. The fourth-order valence-electron chi connectivity index (χ4n) is 4.18. The molecule has 160 valence electrons. The monoisotopic (exact) mass is 408 g/mol. The summed E-state index contributed by atoms with van der Waals surface area (Å²) in [7, 11) is 2.16. The highest BCUT2D eigenvalue weighted by Gasteiger charge is 2.23. The van der Waals surface area contributed by atoms with E-state index in [1.54, 1.807) is 6.33 Å². The zero-order valence-electron chi connectivity index (χ0n) is 18.1. The van der Waals surface area contributed by atoms with E-state index in [-0.39, 0.29) is 5.91 Å². The molecule has 2 fully saturated rings. The van der Waals surface area contributed by atoms with Gasteiger partial charge in [0, 0.05) is 64.8 Å². The molecule has 2 aromatic rings. The number of aryl methyl sites for hydroxylation is 2. The van der Waals surface area contributed by atoms with Crippen LogP contribution in [0.3, 0.4) is 0 Å². The van der Waals surface area contributed by atoms with Gasteiger partial charge in [-0.2, -0.15) is 0 Å². The van der Waals surface area contributed by atoms with Crippen molar-refractivity contribution in [3.8, 4) is 0 Å². The highest BCUT2D eigenvalue weighted by Crippen LogP contribution is 2.20. The lowest BCUT2D eigenvalue weighted by atomic mass is 10.1. The van der Waals surface area contributed by atoms with Gasteiger partial charge in [0.2, 0.25) is 5.91 Å². The van der Waals surface area contributed by atoms with E-state index < -0.39 is 0 Å². The second-order valence-corrected chi connectivity index (χ2v) is 8.38. The van der Waals surface area contributed by atoms with E-state index in [0.29, 0.717) is 6.42 Å². The van der Waals surface area contributed by atoms with Crippen molar-refractivity contribution in [3.63, 3.8) is 0 Å². The minimum atomic E-state index is 0.247. The van der Waals surface area contributed by atoms with Crippen molar-refractivity contribution in [1.82, 2.24) is 19.8 Å². The molecule has 2 aliphatic rings. The molecule has 30 heavy (non-hydrogen) atoms. The van der Waals surface area contributed by atoms with E-state index in [1.165, 1.54) is 11.1 Å². The Kier molecular flexibility index (Phi) is 6.47. The number of rotatable bonds is 5. The van der Waals surface area contributed by atoms with Gasteiger partial charge in [0.1, 0.15) is 18.0 Å². The van der Waals surface area contributed by atoms with E-state index in [4.69, 9.17) is 0 Å². The molecule has 2 aliphatic heterocycles. The Hall–Kier alpha value is -2.67. The number of anilines is 2. The molecule has 2 saturated heterocycles. The van der Waals surface area contributed by atoms with Gasteiger partial charge >= 0.3 is 0 Å². The van der Waals surface area contributed by atoms with E-state index >= 15 is 0 Å². The summed E-state index contributed by atoms with van der Waals surface area (Å²) < 4.78 is 0. The summed E-state index contributed by atoms with van der Waals surface area (Å²) in [6.07, 6.45) is 3.05. The Bertz CT molecular complexity index is 856. The van der Waals surface area contributed by atoms with Crippen molar-refractivity contribution < 1.29 is 4.79 Å². The third kappa shape index (κ3) is 5.08. The number of benzene rings is 1. The number of likely N-dealkylation sites (N-methyl/N-ethyl adjacent to an activating group) is 1. The van der Waals surface area contributed by atoms with Gasteiger partial charge in [0.15, 0.2) is 0 Å². The lowest BCUT2D eigenvalue weighted by molar-refractivity contribution is -0.131. The van der Waals surface area contributed by atoms with Gasteiger partial charge in [-0.3, -0.25) is 4.79 Å². The van der Waals surface area contributed by atoms with Gasteiger partial charge in [-0.05, 0) is 26.0 Å². The maximum Gasteiger partial charge on any atom is 0.223 e. The standard InChI is InChI=1S/C23H32N6O/c1-19-4-3-5-20(16-19)6-7-23(30)29-14-12-28(13-15-29)22-17-21(24-18-25-22)27-10-8-26(2)9-11-27/h3-5,16-18H,6-15H2,1-2H3. The fraction of sp³-hybridized carbons (Fsp3) is 0.522. The molecule has 7 nitrogen and oxygen atoms in total. The summed E-state index contributed by atoms with van der Waals surface area (Å²) in [6.45, 7) is 9.33. The molecule has 0 radical (unpaired) electrons. The van der Waals surface area contributed by atoms with Crippen LogP contribution < -0.4 is 9.80 Å². The summed E-state index contributed by atoms with van der Waals surface area (Å²) >= 11 is 0. The minimum Gasteiger partial charge on any atom is -0.354 e. The Morgan fingerprint density at radius 2 is 1.53 bits per heavy atom. The van der Waals surface area contributed by atoms with Gasteiger partial charge < -0.3 is 19.6 Å². The molecule has 0 spiro atoms. The summed E-state index contributed by atoms with van der Waals surface area (Å²) in [5.74, 6) is 2.22. The number of piperazine rings is 2. The molecule has 0 bridgehead atoms. The lowest BCUT2D eigenvalue weighted by Crippen LogP contribution is -2.49. The zero-order valence-corrected chi connectivity index (χ0v) is 18.1. The first kappa shape index (κ1) is 20.6. The first-order valence-electron chi connectivity index (χ1n) is 10.9. The van der Waals surface area contributed by atoms with Gasteiger partial charge in [-0.1, -0.05) is 29.8 Å².